The fourth-order valence-corrected chi connectivity index (χ4v) is 10.2. The minimum absolute atomic E-state index is 0.112. The van der Waals surface area contributed by atoms with Crippen LogP contribution in [0.1, 0.15) is 21.5 Å². The second kappa shape index (κ2) is 11.7. The van der Waals surface area contributed by atoms with Gasteiger partial charge in [0.05, 0.1) is 18.8 Å². The van der Waals surface area contributed by atoms with Crippen LogP contribution >= 0.6 is 0 Å². The van der Waals surface area contributed by atoms with Crippen LogP contribution in [0.4, 0.5) is 23.2 Å². The number of rotatable bonds is 9. The average molecular weight is 703 g/mol. The lowest BCUT2D eigenvalue weighted by Crippen LogP contribution is -2.57. The normalized spacial score (nSPS) is 22.1. The van der Waals surface area contributed by atoms with E-state index in [0.717, 1.165) is 15.3 Å². The van der Waals surface area contributed by atoms with Crippen molar-refractivity contribution in [2.24, 2.45) is 0 Å². The molecule has 1 unspecified atom stereocenters. The quantitative estimate of drug-likeness (QED) is 0.140. The molecule has 48 heavy (non-hydrogen) atoms. The molecule has 2 aromatic carbocycles. The molecule has 15 heteroatoms. The van der Waals surface area contributed by atoms with E-state index in [2.05, 4.69) is 6.58 Å². The van der Waals surface area contributed by atoms with Crippen LogP contribution in [0.25, 0.3) is 5.57 Å². The van der Waals surface area contributed by atoms with E-state index in [1.54, 1.807) is 33.8 Å². The third-order valence-electron chi connectivity index (χ3n) is 9.20. The summed E-state index contributed by atoms with van der Waals surface area (Å²) in [6.07, 6.45) is 5.36. The Morgan fingerprint density at radius 2 is 1.81 bits per heavy atom. The van der Waals surface area contributed by atoms with E-state index in [1.165, 1.54) is 25.2 Å². The van der Waals surface area contributed by atoms with Crippen LogP contribution in [-0.4, -0.2) is 106 Å². The topological polar surface area (TPSA) is 107 Å². The molecule has 9 nitrogen and oxygen atoms in total. The van der Waals surface area contributed by atoms with Gasteiger partial charge in [0.2, 0.25) is 13.1 Å². The highest BCUT2D eigenvalue weighted by Gasteiger charge is 2.52. The monoisotopic (exact) mass is 702 g/mol. The third-order valence-corrected chi connectivity index (χ3v) is 13.8. The lowest BCUT2D eigenvalue weighted by molar-refractivity contribution is -0.638. The summed E-state index contributed by atoms with van der Waals surface area (Å²) in [6.45, 7) is 4.32. The van der Waals surface area contributed by atoms with Crippen molar-refractivity contribution in [1.29, 1.82) is 0 Å². The molecule has 2 aromatic rings. The minimum atomic E-state index is -4.37. The number of anilines is 1. The lowest BCUT2D eigenvalue weighted by Gasteiger charge is -2.43. The van der Waals surface area contributed by atoms with Crippen molar-refractivity contribution in [2.75, 3.05) is 50.4 Å². The molecule has 3 aliphatic heterocycles. The van der Waals surface area contributed by atoms with Crippen molar-refractivity contribution in [1.82, 2.24) is 4.90 Å². The Bertz CT molecular complexity index is 1990. The number of carbonyl (C=O) groups is 2. The van der Waals surface area contributed by atoms with Gasteiger partial charge in [-0.15, -0.1) is 6.58 Å². The maximum Gasteiger partial charge on any atom is 0.361 e. The van der Waals surface area contributed by atoms with Gasteiger partial charge in [0.15, 0.2) is 5.71 Å². The van der Waals surface area contributed by atoms with Crippen molar-refractivity contribution >= 4 is 52.7 Å². The third kappa shape index (κ3) is 6.05. The number of nitrogens with zero attached hydrogens (tertiary/aromatic N) is 3. The molecule has 1 N–H and O–H groups in total. The number of hydrogen-bond donors (Lipinski definition) is 1. The molecule has 1 amide bonds. The molecule has 0 bridgehead atoms. The Balaban J connectivity index is 1.59. The zero-order valence-corrected chi connectivity index (χ0v) is 27.9. The van der Waals surface area contributed by atoms with E-state index >= 15 is 0 Å². The van der Waals surface area contributed by atoms with Gasteiger partial charge in [-0.1, -0.05) is 18.3 Å². The van der Waals surface area contributed by atoms with E-state index in [1.807, 2.05) is 24.4 Å². The molecule has 1 aliphatic carbocycles. The second-order valence-electron chi connectivity index (χ2n) is 12.6. The first kappa shape index (κ1) is 33.6. The summed E-state index contributed by atoms with van der Waals surface area (Å²) < 4.78 is 94.5. The molecule has 0 radical (unpaired) electrons. The number of alkyl halides is 4. The number of ether oxygens (including phenoxy) is 1. The average Bonchev–Trinajstić information content (AvgIpc) is 3.00. The maximum absolute atomic E-state index is 13.9. The molecule has 2 fully saturated rings. The Kier molecular flexibility index (Phi) is 8.15. The number of benzene rings is 2. The van der Waals surface area contributed by atoms with Crippen LogP contribution in [0.3, 0.4) is 0 Å². The van der Waals surface area contributed by atoms with Crippen LogP contribution in [0.15, 0.2) is 77.7 Å². The zero-order chi connectivity index (χ0) is 34.8. The summed E-state index contributed by atoms with van der Waals surface area (Å²) in [5, 5.41) is 1.58. The lowest BCUT2D eigenvalue weighted by atomic mass is 9.86. The van der Waals surface area contributed by atoms with E-state index in [-0.39, 0.29) is 24.3 Å². The van der Waals surface area contributed by atoms with Crippen LogP contribution in [0.2, 0.25) is 6.55 Å². The summed E-state index contributed by atoms with van der Waals surface area (Å²) in [4.78, 5) is 27.9. The van der Waals surface area contributed by atoms with Gasteiger partial charge >= 0.3 is 5.92 Å². The number of allylic oxidation sites excluding steroid dienone is 5. The van der Waals surface area contributed by atoms with Gasteiger partial charge in [-0.25, -0.2) is 13.4 Å². The molecule has 0 saturated carbocycles. The minimum Gasteiger partial charge on any atom is -0.429 e. The standard InChI is InChI=1S/C33H31F4N3O6SSi/c1-4-48(3)28-13-21(39-16-32(34,35)17-39)5-8-25(28)30(26-9-6-22(14-29(26)48)40-18-33(36,37)19-40)27-15-23(46-20-41)7-10-24(27)31(42)38(2)11-12-47(43,44)45/h4-10,13-15,20H,1,11-12,16-19H2,2-3H3/p+1. The maximum atomic E-state index is 13.9. The first-order valence-corrected chi connectivity index (χ1v) is 19.2. The summed E-state index contributed by atoms with van der Waals surface area (Å²) in [5.41, 5.74) is 5.32. The van der Waals surface area contributed by atoms with Crippen LogP contribution < -0.4 is 14.8 Å². The van der Waals surface area contributed by atoms with Gasteiger partial charge in [0.25, 0.3) is 28.4 Å². The Morgan fingerprint density at radius 1 is 1.10 bits per heavy atom. The van der Waals surface area contributed by atoms with E-state index in [9.17, 15) is 40.1 Å². The van der Waals surface area contributed by atoms with E-state index in [0.29, 0.717) is 33.7 Å². The van der Waals surface area contributed by atoms with Gasteiger partial charge in [-0.05, 0) is 69.1 Å². The van der Waals surface area contributed by atoms with Gasteiger partial charge < -0.3 is 14.5 Å². The van der Waals surface area contributed by atoms with E-state index in [4.69, 9.17) is 4.74 Å². The summed E-state index contributed by atoms with van der Waals surface area (Å²) in [7, 11) is -5.91. The van der Waals surface area contributed by atoms with Gasteiger partial charge in [0, 0.05) is 37.0 Å². The van der Waals surface area contributed by atoms with Gasteiger partial charge in [-0.2, -0.15) is 17.2 Å². The number of fused-ring (bicyclic) bond motifs is 2. The molecule has 3 heterocycles. The van der Waals surface area contributed by atoms with Crippen LogP contribution in [-0.2, 0) is 14.9 Å². The Hall–Kier alpha value is -4.34. The molecular weight excluding hydrogens is 671 g/mol. The molecule has 1 atom stereocenters. The molecule has 252 valence electrons. The summed E-state index contributed by atoms with van der Waals surface area (Å²) >= 11 is 0. The van der Waals surface area contributed by atoms with Crippen molar-refractivity contribution in [3.8, 4) is 5.75 Å². The number of halogens is 4. The van der Waals surface area contributed by atoms with Crippen molar-refractivity contribution < 1.29 is 49.4 Å². The highest BCUT2D eigenvalue weighted by molar-refractivity contribution is 7.85. The van der Waals surface area contributed by atoms with Gasteiger partial charge in [-0.3, -0.25) is 14.1 Å². The van der Waals surface area contributed by atoms with Crippen LogP contribution in [0, 0.1) is 0 Å². The number of amides is 1. The van der Waals surface area contributed by atoms with Crippen molar-refractivity contribution in [2.45, 2.75) is 18.4 Å². The zero-order valence-electron chi connectivity index (χ0n) is 26.1. The smallest absolute Gasteiger partial charge is 0.361 e. The molecular formula is C33H32F4N3O6SSi+. The van der Waals surface area contributed by atoms with Gasteiger partial charge in [0.1, 0.15) is 13.8 Å². The summed E-state index contributed by atoms with van der Waals surface area (Å²) in [6, 6.07) is 9.72. The number of hydrogen-bond acceptors (Lipinski definition) is 6. The first-order valence-electron chi connectivity index (χ1n) is 15.0. The Labute approximate surface area is 275 Å². The summed E-state index contributed by atoms with van der Waals surface area (Å²) in [5.74, 6) is -6.80. The molecule has 0 spiro atoms. The van der Waals surface area contributed by atoms with Crippen molar-refractivity contribution in [3.63, 3.8) is 0 Å². The van der Waals surface area contributed by atoms with E-state index < -0.39 is 67.9 Å². The largest absolute Gasteiger partial charge is 0.429 e. The highest BCUT2D eigenvalue weighted by atomic mass is 32.2. The second-order valence-corrected chi connectivity index (χ2v) is 18.1. The predicted molar refractivity (Wildman–Crippen MR) is 175 cm³/mol. The van der Waals surface area contributed by atoms with Crippen LogP contribution in [0.5, 0.6) is 5.75 Å². The number of carbonyl (C=O) groups excluding carboxylic acids is 2. The fourth-order valence-electron chi connectivity index (χ4n) is 6.55. The molecule has 6 rings (SSSR count). The first-order chi connectivity index (χ1) is 22.4. The molecule has 0 aromatic heterocycles. The predicted octanol–water partition coefficient (Wildman–Crippen LogP) is 3.60. The Morgan fingerprint density at radius 3 is 2.42 bits per heavy atom. The molecule has 4 aliphatic rings. The highest BCUT2D eigenvalue weighted by Crippen LogP contribution is 2.45. The molecule has 2 saturated heterocycles. The SMILES string of the molecule is C=C[Si]1(C)C2=CC(=[N+]3CC(F)(F)C3)C=CC2=C(c2cc(OC=O)ccc2C(=O)N(C)CCS(=O)(=O)O)c2ccc(N3CC(F)(F)C3)cc21. The van der Waals surface area contributed by atoms with Crippen molar-refractivity contribution in [3.05, 3.63) is 94.4 Å². The fraction of sp³-hybridized carbons (Fsp3) is 0.303.